The van der Waals surface area contributed by atoms with Gasteiger partial charge in [0.15, 0.2) is 0 Å². The Bertz CT molecular complexity index is 590. The van der Waals surface area contributed by atoms with Crippen molar-refractivity contribution in [2.75, 3.05) is 33.7 Å². The van der Waals surface area contributed by atoms with Gasteiger partial charge in [-0.1, -0.05) is 29.3 Å². The highest BCUT2D eigenvalue weighted by molar-refractivity contribution is 7.89. The summed E-state index contributed by atoms with van der Waals surface area (Å²) in [6.45, 7) is 1.95. The van der Waals surface area contributed by atoms with Crippen molar-refractivity contribution in [3.05, 3.63) is 28.2 Å². The van der Waals surface area contributed by atoms with Gasteiger partial charge in [-0.2, -0.15) is 4.31 Å². The first-order chi connectivity index (χ1) is 9.32. The van der Waals surface area contributed by atoms with E-state index < -0.39 is 10.0 Å². The second-order valence-electron chi connectivity index (χ2n) is 5.33. The van der Waals surface area contributed by atoms with Gasteiger partial charge in [0, 0.05) is 19.6 Å². The fraction of sp³-hybridized carbons (Fsp3) is 0.538. The van der Waals surface area contributed by atoms with Gasteiger partial charge in [-0.15, -0.1) is 0 Å². The Morgan fingerprint density at radius 1 is 1.35 bits per heavy atom. The molecule has 1 saturated heterocycles. The molecule has 1 aromatic rings. The van der Waals surface area contributed by atoms with Gasteiger partial charge in [-0.3, -0.25) is 0 Å². The van der Waals surface area contributed by atoms with Gasteiger partial charge in [0.25, 0.3) is 0 Å². The maximum absolute atomic E-state index is 12.6. The van der Waals surface area contributed by atoms with E-state index in [1.807, 2.05) is 14.1 Å². The van der Waals surface area contributed by atoms with E-state index in [2.05, 4.69) is 4.90 Å². The van der Waals surface area contributed by atoms with Crippen LogP contribution in [-0.4, -0.2) is 51.4 Å². The molecule has 1 atom stereocenters. The van der Waals surface area contributed by atoms with Gasteiger partial charge in [0.05, 0.1) is 10.0 Å². The summed E-state index contributed by atoms with van der Waals surface area (Å²) in [7, 11) is 0.420. The third-order valence-corrected chi connectivity index (χ3v) is 6.24. The highest BCUT2D eigenvalue weighted by Crippen LogP contribution is 2.33. The normalized spacial score (nSPS) is 20.8. The number of nitrogens with zero attached hydrogens (tertiary/aromatic N) is 2. The van der Waals surface area contributed by atoms with Crippen molar-refractivity contribution in [1.82, 2.24) is 9.21 Å². The molecule has 4 nitrogen and oxygen atoms in total. The lowest BCUT2D eigenvalue weighted by molar-refractivity contribution is 0.329. The molecule has 1 heterocycles. The number of sulfonamides is 1. The summed E-state index contributed by atoms with van der Waals surface area (Å²) < 4.78 is 26.7. The van der Waals surface area contributed by atoms with Gasteiger partial charge in [0.2, 0.25) is 10.0 Å². The number of hydrogen-bond acceptors (Lipinski definition) is 3. The van der Waals surface area contributed by atoms with Crippen molar-refractivity contribution in [3.63, 3.8) is 0 Å². The molecule has 0 bridgehead atoms. The number of rotatable bonds is 4. The molecule has 0 aromatic heterocycles. The van der Waals surface area contributed by atoms with Crippen LogP contribution in [0.4, 0.5) is 0 Å². The maximum Gasteiger partial charge on any atom is 0.244 e. The Kier molecular flexibility index (Phi) is 4.97. The Hall–Kier alpha value is -0.330. The molecular weight excluding hydrogens is 319 g/mol. The molecule has 0 N–H and O–H groups in total. The first-order valence-corrected chi connectivity index (χ1v) is 8.61. The molecule has 0 spiro atoms. The molecule has 20 heavy (non-hydrogen) atoms. The van der Waals surface area contributed by atoms with Crippen molar-refractivity contribution in [3.8, 4) is 0 Å². The fourth-order valence-corrected chi connectivity index (χ4v) is 4.77. The second-order valence-corrected chi connectivity index (χ2v) is 8.02. The number of hydrogen-bond donors (Lipinski definition) is 0. The Labute approximate surface area is 130 Å². The summed E-state index contributed by atoms with van der Waals surface area (Å²) in [6.07, 6.45) is 0.871. The van der Waals surface area contributed by atoms with Crippen molar-refractivity contribution < 1.29 is 8.42 Å². The van der Waals surface area contributed by atoms with Crippen LogP contribution in [-0.2, 0) is 10.0 Å². The van der Waals surface area contributed by atoms with Gasteiger partial charge in [0.1, 0.15) is 4.90 Å². The highest BCUT2D eigenvalue weighted by Gasteiger charge is 2.34. The number of halogens is 2. The minimum Gasteiger partial charge on any atom is -0.309 e. The summed E-state index contributed by atoms with van der Waals surface area (Å²) in [5, 5.41) is 0.363. The summed E-state index contributed by atoms with van der Waals surface area (Å²) in [4.78, 5) is 2.17. The summed E-state index contributed by atoms with van der Waals surface area (Å²) in [5.41, 5.74) is 0. The van der Waals surface area contributed by atoms with Crippen LogP contribution >= 0.6 is 23.2 Å². The molecule has 112 valence electrons. The number of benzene rings is 1. The zero-order valence-corrected chi connectivity index (χ0v) is 13.8. The van der Waals surface area contributed by atoms with Gasteiger partial charge < -0.3 is 4.90 Å². The lowest BCUT2D eigenvalue weighted by Crippen LogP contribution is -2.31. The van der Waals surface area contributed by atoms with E-state index in [9.17, 15) is 8.42 Å². The molecule has 1 unspecified atom stereocenters. The van der Waals surface area contributed by atoms with Crippen LogP contribution in [0.25, 0.3) is 0 Å². The third kappa shape index (κ3) is 3.28. The molecule has 7 heteroatoms. The lowest BCUT2D eigenvalue weighted by Gasteiger charge is -2.19. The van der Waals surface area contributed by atoms with Crippen LogP contribution in [0.3, 0.4) is 0 Å². The monoisotopic (exact) mass is 336 g/mol. The van der Waals surface area contributed by atoms with Crippen LogP contribution in [0.5, 0.6) is 0 Å². The van der Waals surface area contributed by atoms with Crippen molar-refractivity contribution in [1.29, 1.82) is 0 Å². The average Bonchev–Trinajstić information content (AvgIpc) is 2.80. The predicted octanol–water partition coefficient (Wildman–Crippen LogP) is 2.57. The standard InChI is InChI=1S/C13H18Cl2N2O2S/c1-16(2)8-10-6-7-17(9-10)20(18,19)12-5-3-4-11(14)13(12)15/h3-5,10H,6-9H2,1-2H3. The lowest BCUT2D eigenvalue weighted by atomic mass is 10.1. The van der Waals surface area contributed by atoms with Crippen LogP contribution in [0.15, 0.2) is 23.1 Å². The van der Waals surface area contributed by atoms with E-state index in [4.69, 9.17) is 23.2 Å². The fourth-order valence-electron chi connectivity index (χ4n) is 2.50. The van der Waals surface area contributed by atoms with Gasteiger partial charge in [-0.25, -0.2) is 8.42 Å². The van der Waals surface area contributed by atoms with Gasteiger partial charge >= 0.3 is 0 Å². The largest absolute Gasteiger partial charge is 0.309 e. The summed E-state index contributed by atoms with van der Waals surface area (Å²) in [6, 6.07) is 4.69. The predicted molar refractivity (Wildman–Crippen MR) is 81.9 cm³/mol. The van der Waals surface area contributed by atoms with E-state index in [0.29, 0.717) is 19.0 Å². The average molecular weight is 337 g/mol. The molecule has 2 rings (SSSR count). The SMILES string of the molecule is CN(C)CC1CCN(S(=O)(=O)c2cccc(Cl)c2Cl)C1. The Morgan fingerprint density at radius 3 is 2.70 bits per heavy atom. The minimum absolute atomic E-state index is 0.0946. The maximum atomic E-state index is 12.6. The van der Waals surface area contributed by atoms with Crippen molar-refractivity contribution >= 4 is 33.2 Å². The highest BCUT2D eigenvalue weighted by atomic mass is 35.5. The smallest absolute Gasteiger partial charge is 0.244 e. The van der Waals surface area contributed by atoms with Crippen LogP contribution in [0.1, 0.15) is 6.42 Å². The molecule has 0 amide bonds. The molecule has 1 fully saturated rings. The first-order valence-electron chi connectivity index (χ1n) is 6.41. The second kappa shape index (κ2) is 6.20. The zero-order chi connectivity index (χ0) is 14.9. The quantitative estimate of drug-likeness (QED) is 0.848. The molecule has 0 aliphatic carbocycles. The topological polar surface area (TPSA) is 40.6 Å². The summed E-state index contributed by atoms with van der Waals surface area (Å²) in [5.74, 6) is 0.359. The molecule has 0 radical (unpaired) electrons. The molecule has 1 aliphatic rings. The molecule has 1 aromatic carbocycles. The van der Waals surface area contributed by atoms with Crippen molar-refractivity contribution in [2.45, 2.75) is 11.3 Å². The van der Waals surface area contributed by atoms with E-state index in [1.54, 1.807) is 12.1 Å². The van der Waals surface area contributed by atoms with E-state index in [-0.39, 0.29) is 14.9 Å². The minimum atomic E-state index is -3.56. The third-order valence-electron chi connectivity index (χ3n) is 3.41. The van der Waals surface area contributed by atoms with E-state index in [1.165, 1.54) is 10.4 Å². The summed E-state index contributed by atoms with van der Waals surface area (Å²) >= 11 is 11.9. The Morgan fingerprint density at radius 2 is 2.05 bits per heavy atom. The van der Waals surface area contributed by atoms with Crippen molar-refractivity contribution in [2.24, 2.45) is 5.92 Å². The van der Waals surface area contributed by atoms with Crippen LogP contribution in [0, 0.1) is 5.92 Å². The molecule has 0 saturated carbocycles. The van der Waals surface area contributed by atoms with Crippen LogP contribution in [0.2, 0.25) is 10.0 Å². The molecule has 1 aliphatic heterocycles. The van der Waals surface area contributed by atoms with E-state index >= 15 is 0 Å². The zero-order valence-electron chi connectivity index (χ0n) is 11.5. The molecular formula is C13H18Cl2N2O2S. The Balaban J connectivity index is 2.22. The van der Waals surface area contributed by atoms with Crippen LogP contribution < -0.4 is 0 Å². The first kappa shape index (κ1) is 16.0. The van der Waals surface area contributed by atoms with Gasteiger partial charge in [-0.05, 0) is 38.6 Å². The van der Waals surface area contributed by atoms with E-state index in [0.717, 1.165) is 13.0 Å².